The molecule has 0 saturated carbocycles. The van der Waals surface area contributed by atoms with Gasteiger partial charge in [0.25, 0.3) is 0 Å². The Bertz CT molecular complexity index is 2780. The van der Waals surface area contributed by atoms with Crippen molar-refractivity contribution in [1.82, 2.24) is 15.6 Å². The highest BCUT2D eigenvalue weighted by Crippen LogP contribution is 2.50. The summed E-state index contributed by atoms with van der Waals surface area (Å²) >= 11 is 5.91. The number of H-pyrrole nitrogens is 1. The number of hydrogen-bond acceptors (Lipinski definition) is 19. The molecule has 4 aliphatic rings. The van der Waals surface area contributed by atoms with E-state index in [-0.39, 0.29) is 50.1 Å². The number of carbonyl (C=O) groups is 4. The Hall–Kier alpha value is -5.85. The van der Waals surface area contributed by atoms with Crippen molar-refractivity contribution in [2.75, 3.05) is 33.6 Å². The van der Waals surface area contributed by atoms with Crippen LogP contribution in [0.15, 0.2) is 59.8 Å². The summed E-state index contributed by atoms with van der Waals surface area (Å²) in [4.78, 5) is 69.2. The summed E-state index contributed by atoms with van der Waals surface area (Å²) < 4.78 is 26.2. The first-order chi connectivity index (χ1) is 36.3. The van der Waals surface area contributed by atoms with Gasteiger partial charge in [0.1, 0.15) is 58.0 Å². The third kappa shape index (κ3) is 14.8. The number of benzene rings is 2. The van der Waals surface area contributed by atoms with Crippen molar-refractivity contribution in [3.63, 3.8) is 0 Å². The molecular formula is C52H68N8O12S4. The molecule has 5 heterocycles. The van der Waals surface area contributed by atoms with Crippen molar-refractivity contribution in [3.8, 4) is 23.0 Å². The first-order valence-electron chi connectivity index (χ1n) is 25.5. The SMILES string of the molecule is CC(C)Oc1ccc(OC(C)C)c2c1C1=NC2N=C2NC(=C(SCCCC(=O)O)C2SCCCC(=O)O)NC2=NC(Nc3[nH]c(c(SCCCC(=O)O)c3SCCCC(=O)O)N1)c1c(OC(C)C)ccc(OC(C)C)c12. The maximum absolute atomic E-state index is 11.8. The van der Waals surface area contributed by atoms with Gasteiger partial charge in [0, 0.05) is 30.6 Å². The summed E-state index contributed by atoms with van der Waals surface area (Å²) in [6.07, 6.45) is -1.43. The van der Waals surface area contributed by atoms with Gasteiger partial charge in [-0.25, -0.2) is 15.0 Å². The van der Waals surface area contributed by atoms with Crippen molar-refractivity contribution in [1.29, 1.82) is 0 Å². The van der Waals surface area contributed by atoms with Gasteiger partial charge in [-0.2, -0.15) is 0 Å². The summed E-state index contributed by atoms with van der Waals surface area (Å²) in [6.45, 7) is 15.5. The van der Waals surface area contributed by atoms with Crippen LogP contribution >= 0.6 is 47.0 Å². The maximum atomic E-state index is 11.8. The third-order valence-corrected chi connectivity index (χ3v) is 16.6. The Balaban J connectivity index is 1.52. The van der Waals surface area contributed by atoms with E-state index in [4.69, 9.17) is 33.9 Å². The lowest BCUT2D eigenvalue weighted by Gasteiger charge is -2.22. The highest BCUT2D eigenvalue weighted by Gasteiger charge is 2.41. The second kappa shape index (κ2) is 26.5. The minimum atomic E-state index is -0.933. The smallest absolute Gasteiger partial charge is 0.303 e. The normalized spacial score (nSPS) is 17.3. The monoisotopic (exact) mass is 1120 g/mol. The van der Waals surface area contributed by atoms with Crippen molar-refractivity contribution in [3.05, 3.63) is 57.2 Å². The first kappa shape index (κ1) is 57.8. The molecule has 3 unspecified atom stereocenters. The van der Waals surface area contributed by atoms with E-state index in [1.165, 1.54) is 47.0 Å². The number of nitrogens with zero attached hydrogens (tertiary/aromatic N) is 3. The molecule has 4 aliphatic heterocycles. The molecule has 20 nitrogen and oxygen atoms in total. The number of ether oxygens (including phenoxy) is 4. The molecule has 9 N–H and O–H groups in total. The number of aliphatic carboxylic acids is 4. The number of aliphatic imine (C=N–C) groups is 3. The van der Waals surface area contributed by atoms with Crippen LogP contribution in [0.3, 0.4) is 0 Å². The highest BCUT2D eigenvalue weighted by atomic mass is 32.2. The number of carboxylic acid groups (broad SMARTS) is 4. The number of rotatable bonds is 28. The molecule has 0 spiro atoms. The molecule has 1 aromatic heterocycles. The van der Waals surface area contributed by atoms with Crippen LogP contribution in [0.2, 0.25) is 0 Å². The summed E-state index contributed by atoms with van der Waals surface area (Å²) in [5.74, 6) is 3.15. The van der Waals surface area contributed by atoms with Gasteiger partial charge in [-0.1, -0.05) is 0 Å². The largest absolute Gasteiger partial charge is 0.491 e. The van der Waals surface area contributed by atoms with Gasteiger partial charge in [-0.3, -0.25) is 19.2 Å². The van der Waals surface area contributed by atoms with Gasteiger partial charge in [0.15, 0.2) is 12.3 Å². The molecule has 24 heteroatoms. The Kier molecular flexibility index (Phi) is 20.1. The van der Waals surface area contributed by atoms with Crippen LogP contribution in [0, 0.1) is 0 Å². The summed E-state index contributed by atoms with van der Waals surface area (Å²) in [5.41, 5.74) is 2.55. The van der Waals surface area contributed by atoms with E-state index in [0.29, 0.717) is 129 Å². The molecule has 412 valence electrons. The molecule has 0 amide bonds. The number of carboxylic acids is 4. The van der Waals surface area contributed by atoms with Crippen LogP contribution in [-0.4, -0.2) is 119 Å². The molecule has 76 heavy (non-hydrogen) atoms. The standard InChI is InChI=1S/C52H68N8O12S4/c1-25(2)69-29-17-18-30(70-26(3)4)38-37(29)45-53-46(38)56-50-43(75-23-11-15-35(65)66)44(76-24-12-16-36(67)68)52(60-50)58-48-40-32(72-28(7)8)20-19-31(71-27(5)6)39(40)47(54-48)57-51-42(74-22-10-14-34(63)64)41(49(55-45)59-51)73-21-9-13-33(61)62/h17-20,25-28,41,45,48,58,60H,9-16,21-24H2,1-8H3,(H,53,56)(H,54,57)(H,55,59)(H,61,62)(H,63,64)(H,65,66)(H,67,68). The van der Waals surface area contributed by atoms with Gasteiger partial charge in [-0.05, 0) is 128 Å². The Labute approximate surface area is 459 Å². The van der Waals surface area contributed by atoms with Crippen molar-refractivity contribution in [2.45, 2.75) is 159 Å². The molecule has 7 rings (SSSR count). The number of thioether (sulfide) groups is 4. The average molecular weight is 1130 g/mol. The zero-order valence-corrected chi connectivity index (χ0v) is 47.1. The van der Waals surface area contributed by atoms with Crippen LogP contribution in [0.5, 0.6) is 23.0 Å². The third-order valence-electron chi connectivity index (χ3n) is 11.4. The van der Waals surface area contributed by atoms with E-state index in [9.17, 15) is 39.6 Å². The Morgan fingerprint density at radius 1 is 0.539 bits per heavy atom. The fourth-order valence-electron chi connectivity index (χ4n) is 8.56. The summed E-state index contributed by atoms with van der Waals surface area (Å²) in [6, 6.07) is 7.43. The molecule has 0 saturated heterocycles. The molecule has 3 aromatic rings. The topological polar surface area (TPSA) is 287 Å². The zero-order chi connectivity index (χ0) is 54.8. The van der Waals surface area contributed by atoms with Crippen LogP contribution in [0.25, 0.3) is 0 Å². The van der Waals surface area contributed by atoms with E-state index in [2.05, 4.69) is 26.3 Å². The van der Waals surface area contributed by atoms with Gasteiger partial charge < -0.3 is 65.6 Å². The predicted octanol–water partition coefficient (Wildman–Crippen LogP) is 10.2. The summed E-state index contributed by atoms with van der Waals surface area (Å²) in [7, 11) is 0. The molecule has 2 aromatic carbocycles. The summed E-state index contributed by atoms with van der Waals surface area (Å²) in [5, 5.41) is 52.7. The van der Waals surface area contributed by atoms with Crippen molar-refractivity contribution in [2.24, 2.45) is 15.0 Å². The number of aromatic nitrogens is 1. The van der Waals surface area contributed by atoms with E-state index < -0.39 is 41.5 Å². The van der Waals surface area contributed by atoms with Crippen molar-refractivity contribution >= 4 is 100 Å². The predicted molar refractivity (Wildman–Crippen MR) is 301 cm³/mol. The van der Waals surface area contributed by atoms with Crippen LogP contribution < -0.4 is 40.2 Å². The van der Waals surface area contributed by atoms with E-state index >= 15 is 0 Å². The van der Waals surface area contributed by atoms with Crippen LogP contribution in [0.1, 0.15) is 141 Å². The van der Waals surface area contributed by atoms with Gasteiger partial charge in [0.05, 0.1) is 61.7 Å². The van der Waals surface area contributed by atoms with Crippen LogP contribution in [0.4, 0.5) is 11.6 Å². The first-order valence-corrected chi connectivity index (χ1v) is 29.5. The van der Waals surface area contributed by atoms with E-state index in [0.717, 1.165) is 14.7 Å². The molecule has 8 bridgehead atoms. The number of aromatic amines is 1. The van der Waals surface area contributed by atoms with E-state index in [1.807, 2.05) is 79.7 Å². The number of anilines is 2. The van der Waals surface area contributed by atoms with E-state index in [1.54, 1.807) is 0 Å². The Morgan fingerprint density at radius 3 is 1.51 bits per heavy atom. The molecule has 0 fully saturated rings. The molecule has 3 atom stereocenters. The number of fused-ring (bicyclic) bond motifs is 12. The molecule has 0 radical (unpaired) electrons. The molecule has 0 aliphatic carbocycles. The van der Waals surface area contributed by atoms with Crippen LogP contribution in [-0.2, 0) is 19.2 Å². The van der Waals surface area contributed by atoms with Gasteiger partial charge in [0.2, 0.25) is 0 Å². The quantitative estimate of drug-likeness (QED) is 0.0241. The zero-order valence-electron chi connectivity index (χ0n) is 43.9. The number of hydrogen-bond donors (Lipinski definition) is 9. The highest BCUT2D eigenvalue weighted by molar-refractivity contribution is 8.06. The fourth-order valence-corrected chi connectivity index (χ4v) is 13.4. The van der Waals surface area contributed by atoms with Crippen molar-refractivity contribution < 1.29 is 58.6 Å². The minimum Gasteiger partial charge on any atom is -0.491 e. The van der Waals surface area contributed by atoms with Gasteiger partial charge in [-0.15, -0.1) is 47.0 Å². The minimum absolute atomic E-state index is 0.0382. The lowest BCUT2D eigenvalue weighted by atomic mass is 10.0. The second-order valence-corrected chi connectivity index (χ2v) is 23.8. The average Bonchev–Trinajstić information content (AvgIpc) is 4.06. The van der Waals surface area contributed by atoms with Gasteiger partial charge >= 0.3 is 23.9 Å². The Morgan fingerprint density at radius 2 is 0.987 bits per heavy atom. The maximum Gasteiger partial charge on any atom is 0.303 e. The number of amidine groups is 3. The number of nitrogens with one attached hydrogen (secondary N) is 5. The molecular weight excluding hydrogens is 1060 g/mol. The fraction of sp³-hybridized carbons (Fsp3) is 0.519. The lowest BCUT2D eigenvalue weighted by molar-refractivity contribution is -0.138. The lowest BCUT2D eigenvalue weighted by Crippen LogP contribution is -2.33. The second-order valence-electron chi connectivity index (χ2n) is 19.2.